The van der Waals surface area contributed by atoms with E-state index in [-0.39, 0.29) is 12.5 Å². The largest absolute Gasteiger partial charge is 0.389 e. The number of nitrogens with zero attached hydrogens (tertiary/aromatic N) is 2. The zero-order valence-corrected chi connectivity index (χ0v) is 10.7. The maximum absolute atomic E-state index is 12.4. The van der Waals surface area contributed by atoms with E-state index in [0.717, 1.165) is 31.9 Å². The van der Waals surface area contributed by atoms with Gasteiger partial charge in [-0.2, -0.15) is 13.2 Å². The number of hydrogen-bond donors (Lipinski definition) is 1. The third kappa shape index (κ3) is 4.47. The van der Waals surface area contributed by atoms with E-state index < -0.39 is 12.6 Å². The summed E-state index contributed by atoms with van der Waals surface area (Å²) >= 11 is 0. The van der Waals surface area contributed by atoms with Gasteiger partial charge < -0.3 is 5.32 Å². The van der Waals surface area contributed by atoms with Crippen LogP contribution >= 0.6 is 0 Å². The minimum Gasteiger partial charge on any atom is -0.314 e. The van der Waals surface area contributed by atoms with Crippen molar-refractivity contribution in [1.29, 1.82) is 0 Å². The second kappa shape index (κ2) is 6.34. The lowest BCUT2D eigenvalue weighted by molar-refractivity contribution is -0.138. The third-order valence-electron chi connectivity index (χ3n) is 3.32. The zero-order chi connectivity index (χ0) is 13.7. The highest BCUT2D eigenvalue weighted by atomic mass is 19.4. The summed E-state index contributed by atoms with van der Waals surface area (Å²) in [6, 6.07) is 5.17. The molecule has 106 valence electrons. The Hall–Kier alpha value is -1.14. The second-order valence-corrected chi connectivity index (χ2v) is 4.71. The highest BCUT2D eigenvalue weighted by molar-refractivity contribution is 5.09. The Balaban J connectivity index is 2.08. The smallest absolute Gasteiger partial charge is 0.314 e. The van der Waals surface area contributed by atoms with Gasteiger partial charge >= 0.3 is 6.18 Å². The topological polar surface area (TPSA) is 28.2 Å². The predicted molar refractivity (Wildman–Crippen MR) is 66.7 cm³/mol. The van der Waals surface area contributed by atoms with E-state index >= 15 is 0 Å². The van der Waals surface area contributed by atoms with E-state index in [1.165, 1.54) is 0 Å². The number of alkyl halides is 3. The van der Waals surface area contributed by atoms with Crippen molar-refractivity contribution >= 4 is 0 Å². The van der Waals surface area contributed by atoms with Crippen molar-refractivity contribution in [1.82, 2.24) is 15.2 Å². The van der Waals surface area contributed by atoms with Crippen LogP contribution in [0.3, 0.4) is 0 Å². The summed E-state index contributed by atoms with van der Waals surface area (Å²) in [6.45, 7) is 3.16. The second-order valence-electron chi connectivity index (χ2n) is 4.71. The molecular weight excluding hydrogens is 255 g/mol. The lowest BCUT2D eigenvalue weighted by Crippen LogP contribution is -2.45. The SMILES string of the molecule is FC(F)(F)CC[C@H](c1ccccn1)N1CCNCC1. The number of aromatic nitrogens is 1. The maximum Gasteiger partial charge on any atom is 0.389 e. The van der Waals surface area contributed by atoms with Crippen molar-refractivity contribution in [3.8, 4) is 0 Å². The van der Waals surface area contributed by atoms with Crippen molar-refractivity contribution in [2.45, 2.75) is 25.1 Å². The molecule has 3 nitrogen and oxygen atoms in total. The van der Waals surface area contributed by atoms with Crippen LogP contribution in [0.15, 0.2) is 24.4 Å². The molecule has 0 aliphatic carbocycles. The van der Waals surface area contributed by atoms with E-state index in [1.807, 2.05) is 12.1 Å². The Labute approximate surface area is 110 Å². The molecule has 0 amide bonds. The first kappa shape index (κ1) is 14.3. The fourth-order valence-corrected chi connectivity index (χ4v) is 2.38. The molecule has 1 aliphatic rings. The van der Waals surface area contributed by atoms with Crippen molar-refractivity contribution in [2.24, 2.45) is 0 Å². The highest BCUT2D eigenvalue weighted by Crippen LogP contribution is 2.30. The number of pyridine rings is 1. The van der Waals surface area contributed by atoms with Crippen molar-refractivity contribution in [3.63, 3.8) is 0 Å². The summed E-state index contributed by atoms with van der Waals surface area (Å²) in [7, 11) is 0. The molecule has 0 aromatic carbocycles. The van der Waals surface area contributed by atoms with Crippen molar-refractivity contribution in [3.05, 3.63) is 30.1 Å². The Morgan fingerprint density at radius 1 is 1.26 bits per heavy atom. The van der Waals surface area contributed by atoms with Gasteiger partial charge in [-0.15, -0.1) is 0 Å². The number of rotatable bonds is 4. The van der Waals surface area contributed by atoms with Gasteiger partial charge in [-0.05, 0) is 18.6 Å². The van der Waals surface area contributed by atoms with Crippen LogP contribution in [-0.2, 0) is 0 Å². The molecule has 0 radical (unpaired) electrons. The molecule has 0 spiro atoms. The molecule has 1 atom stereocenters. The molecule has 2 heterocycles. The van der Waals surface area contributed by atoms with Gasteiger partial charge in [0.25, 0.3) is 0 Å². The van der Waals surface area contributed by atoms with Crippen molar-refractivity contribution in [2.75, 3.05) is 26.2 Å². The minimum atomic E-state index is -4.11. The molecule has 0 unspecified atom stereocenters. The first-order chi connectivity index (χ1) is 9.06. The van der Waals surface area contributed by atoms with Gasteiger partial charge in [0.1, 0.15) is 0 Å². The molecule has 6 heteroatoms. The molecule has 2 rings (SSSR count). The molecular formula is C13H18F3N3. The van der Waals surface area contributed by atoms with Gasteiger partial charge in [0.05, 0.1) is 11.7 Å². The van der Waals surface area contributed by atoms with Gasteiger partial charge in [-0.25, -0.2) is 0 Å². The van der Waals surface area contributed by atoms with Crippen LogP contribution in [0.2, 0.25) is 0 Å². The Kier molecular flexibility index (Phi) is 4.76. The highest BCUT2D eigenvalue weighted by Gasteiger charge is 2.31. The molecule has 0 bridgehead atoms. The number of hydrogen-bond acceptors (Lipinski definition) is 3. The van der Waals surface area contributed by atoms with Crippen LogP contribution < -0.4 is 5.32 Å². The minimum absolute atomic E-state index is 0.0700. The molecule has 19 heavy (non-hydrogen) atoms. The number of nitrogens with one attached hydrogen (secondary N) is 1. The fraction of sp³-hybridized carbons (Fsp3) is 0.615. The molecule has 1 aromatic heterocycles. The van der Waals surface area contributed by atoms with Crippen LogP contribution in [0.25, 0.3) is 0 Å². The fourth-order valence-electron chi connectivity index (χ4n) is 2.38. The summed E-state index contributed by atoms with van der Waals surface area (Å²) in [5.41, 5.74) is 0.730. The van der Waals surface area contributed by atoms with Gasteiger partial charge in [0.15, 0.2) is 0 Å². The van der Waals surface area contributed by atoms with Gasteiger partial charge in [0, 0.05) is 38.8 Å². The van der Waals surface area contributed by atoms with Gasteiger partial charge in [0.2, 0.25) is 0 Å². The van der Waals surface area contributed by atoms with Gasteiger partial charge in [-0.1, -0.05) is 6.07 Å². The van der Waals surface area contributed by atoms with Crippen molar-refractivity contribution < 1.29 is 13.2 Å². The van der Waals surface area contributed by atoms with E-state index in [9.17, 15) is 13.2 Å². The normalized spacial score (nSPS) is 19.3. The summed E-state index contributed by atoms with van der Waals surface area (Å²) in [4.78, 5) is 6.31. The summed E-state index contributed by atoms with van der Waals surface area (Å²) in [6.07, 6.45) is -3.17. The average molecular weight is 273 g/mol. The Morgan fingerprint density at radius 2 is 2.00 bits per heavy atom. The molecule has 1 fully saturated rings. The predicted octanol–water partition coefficient (Wildman–Crippen LogP) is 2.37. The third-order valence-corrected chi connectivity index (χ3v) is 3.32. The maximum atomic E-state index is 12.4. The Morgan fingerprint density at radius 3 is 2.58 bits per heavy atom. The van der Waals surface area contributed by atoms with Crippen LogP contribution in [0, 0.1) is 0 Å². The van der Waals surface area contributed by atoms with E-state index in [2.05, 4.69) is 15.2 Å². The molecule has 1 aliphatic heterocycles. The molecule has 0 saturated carbocycles. The molecule has 1 N–H and O–H groups in total. The van der Waals surface area contributed by atoms with Crippen LogP contribution in [0.1, 0.15) is 24.6 Å². The summed E-state index contributed by atoms with van der Waals surface area (Å²) in [5.74, 6) is 0. The van der Waals surface area contributed by atoms with Crippen LogP contribution in [0.5, 0.6) is 0 Å². The average Bonchev–Trinajstić information content (AvgIpc) is 2.40. The standard InChI is InChI=1S/C13H18F3N3/c14-13(15,16)5-4-12(11-3-1-2-6-18-11)19-9-7-17-8-10-19/h1-3,6,12,17H,4-5,7-10H2/t12-/m1/s1. The molecule has 1 saturated heterocycles. The van der Waals surface area contributed by atoms with Crippen LogP contribution in [-0.4, -0.2) is 42.2 Å². The van der Waals surface area contributed by atoms with Crippen LogP contribution in [0.4, 0.5) is 13.2 Å². The summed E-state index contributed by atoms with van der Waals surface area (Å²) < 4.78 is 37.3. The first-order valence-corrected chi connectivity index (χ1v) is 6.49. The van der Waals surface area contributed by atoms with E-state index in [1.54, 1.807) is 12.3 Å². The lowest BCUT2D eigenvalue weighted by atomic mass is 10.0. The monoisotopic (exact) mass is 273 g/mol. The first-order valence-electron chi connectivity index (χ1n) is 6.49. The number of halogens is 3. The quantitative estimate of drug-likeness (QED) is 0.913. The van der Waals surface area contributed by atoms with Gasteiger partial charge in [-0.3, -0.25) is 9.88 Å². The molecule has 1 aromatic rings. The summed E-state index contributed by atoms with van der Waals surface area (Å²) in [5, 5.41) is 3.21. The van der Waals surface area contributed by atoms with E-state index in [0.29, 0.717) is 0 Å². The van der Waals surface area contributed by atoms with E-state index in [4.69, 9.17) is 0 Å². The Bertz CT molecular complexity index is 374. The lowest BCUT2D eigenvalue weighted by Gasteiger charge is -2.34. The zero-order valence-electron chi connectivity index (χ0n) is 10.7. The number of piperazine rings is 1.